The van der Waals surface area contributed by atoms with Crippen molar-refractivity contribution in [1.82, 2.24) is 0 Å². The highest BCUT2D eigenvalue weighted by Crippen LogP contribution is 2.62. The minimum atomic E-state index is -3.24. The Labute approximate surface area is 78.6 Å². The summed E-state index contributed by atoms with van der Waals surface area (Å²) in [4.78, 5) is 0. The summed E-state index contributed by atoms with van der Waals surface area (Å²) in [7, 11) is -3.24. The molecular weight excluding hydrogens is 188 g/mol. The van der Waals surface area contributed by atoms with E-state index in [0.717, 1.165) is 12.8 Å². The highest BCUT2D eigenvalue weighted by molar-refractivity contribution is 7.87. The predicted molar refractivity (Wildman–Crippen MR) is 47.6 cm³/mol. The molecule has 13 heavy (non-hydrogen) atoms. The molecule has 0 aromatic carbocycles. The predicted octanol–water partition coefficient (Wildman–Crippen LogP) is 1.15. The minimum Gasteiger partial charge on any atom is -0.263 e. The summed E-state index contributed by atoms with van der Waals surface area (Å²) in [6, 6.07) is 0. The van der Waals surface area contributed by atoms with Crippen molar-refractivity contribution in [3.8, 4) is 0 Å². The third-order valence-corrected chi connectivity index (χ3v) is 6.34. The monoisotopic (exact) mass is 202 g/mol. The molecule has 74 valence electrons. The molecule has 2 bridgehead atoms. The molecule has 0 aromatic rings. The van der Waals surface area contributed by atoms with Crippen LogP contribution in [-0.2, 0) is 14.3 Å². The van der Waals surface area contributed by atoms with Crippen LogP contribution < -0.4 is 0 Å². The van der Waals surface area contributed by atoms with Gasteiger partial charge in [0.25, 0.3) is 10.1 Å². The van der Waals surface area contributed by atoms with Gasteiger partial charge in [-0.2, -0.15) is 8.42 Å². The Morgan fingerprint density at radius 2 is 2.15 bits per heavy atom. The number of rotatable bonds is 0. The van der Waals surface area contributed by atoms with Crippen molar-refractivity contribution in [2.75, 3.05) is 0 Å². The Morgan fingerprint density at radius 1 is 1.46 bits per heavy atom. The number of hydrogen-bond donors (Lipinski definition) is 0. The zero-order valence-electron chi connectivity index (χ0n) is 7.86. The lowest BCUT2D eigenvalue weighted by atomic mass is 9.80. The van der Waals surface area contributed by atoms with E-state index in [1.807, 2.05) is 6.92 Å². The quantitative estimate of drug-likeness (QED) is 0.553. The van der Waals surface area contributed by atoms with Crippen LogP contribution in [0.15, 0.2) is 0 Å². The summed E-state index contributed by atoms with van der Waals surface area (Å²) in [5, 5.41) is -0.198. The molecule has 0 N–H and O–H groups in total. The fourth-order valence-corrected chi connectivity index (χ4v) is 6.11. The lowest BCUT2D eigenvalue weighted by Crippen LogP contribution is -2.35. The van der Waals surface area contributed by atoms with Gasteiger partial charge in [0.2, 0.25) is 0 Å². The van der Waals surface area contributed by atoms with E-state index in [9.17, 15) is 8.42 Å². The van der Waals surface area contributed by atoms with Crippen LogP contribution in [0.1, 0.15) is 26.7 Å². The van der Waals surface area contributed by atoms with Crippen molar-refractivity contribution in [3.63, 3.8) is 0 Å². The van der Waals surface area contributed by atoms with Gasteiger partial charge in [0.15, 0.2) is 0 Å². The van der Waals surface area contributed by atoms with Gasteiger partial charge in [-0.05, 0) is 31.6 Å². The lowest BCUT2D eigenvalue weighted by Gasteiger charge is -2.27. The van der Waals surface area contributed by atoms with E-state index in [1.54, 1.807) is 0 Å². The Morgan fingerprint density at radius 3 is 2.69 bits per heavy atom. The van der Waals surface area contributed by atoms with Gasteiger partial charge in [0, 0.05) is 5.92 Å². The van der Waals surface area contributed by atoms with Gasteiger partial charge in [-0.25, -0.2) is 0 Å². The fourth-order valence-electron chi connectivity index (χ4n) is 3.73. The average Bonchev–Trinajstić information content (AvgIpc) is 2.43. The number of hydrogen-bond acceptors (Lipinski definition) is 3. The molecule has 1 heterocycles. The van der Waals surface area contributed by atoms with E-state index < -0.39 is 10.1 Å². The molecule has 5 unspecified atom stereocenters. The van der Waals surface area contributed by atoms with Gasteiger partial charge in [0.1, 0.15) is 0 Å². The van der Waals surface area contributed by atoms with Crippen molar-refractivity contribution in [2.24, 2.45) is 17.8 Å². The van der Waals surface area contributed by atoms with Gasteiger partial charge >= 0.3 is 0 Å². The van der Waals surface area contributed by atoms with Crippen LogP contribution in [0.4, 0.5) is 0 Å². The van der Waals surface area contributed by atoms with E-state index in [-0.39, 0.29) is 16.8 Å². The molecule has 5 atom stereocenters. The molecule has 3 fully saturated rings. The summed E-state index contributed by atoms with van der Waals surface area (Å²) in [5.74, 6) is 1.17. The lowest BCUT2D eigenvalue weighted by molar-refractivity contribution is 0.0700. The maximum Gasteiger partial charge on any atom is 0.271 e. The number of fused-ring (bicyclic) bond motifs is 1. The first-order valence-electron chi connectivity index (χ1n) is 4.88. The summed E-state index contributed by atoms with van der Waals surface area (Å²) >= 11 is 0. The molecule has 3 nitrogen and oxygen atoms in total. The van der Waals surface area contributed by atoms with Gasteiger partial charge in [-0.3, -0.25) is 4.18 Å². The molecule has 2 aliphatic carbocycles. The first-order valence-corrected chi connectivity index (χ1v) is 6.36. The molecule has 3 rings (SSSR count). The van der Waals surface area contributed by atoms with E-state index in [4.69, 9.17) is 4.18 Å². The Hall–Kier alpha value is -0.0900. The SMILES string of the molecule is CC1C2CC3C1S(=O)(=O)OC3(C)C2. The zero-order chi connectivity index (χ0) is 9.43. The van der Waals surface area contributed by atoms with Crippen LogP contribution in [0.2, 0.25) is 0 Å². The topological polar surface area (TPSA) is 43.4 Å². The first-order chi connectivity index (χ1) is 5.94. The highest BCUT2D eigenvalue weighted by atomic mass is 32.2. The normalized spacial score (nSPS) is 61.7. The fraction of sp³-hybridized carbons (Fsp3) is 1.00. The molecular formula is C9H14O3S. The standard InChI is InChI=1S/C9H14O3S/c1-5-6-3-7-8(5)13(10,11)12-9(7,2)4-6/h5-8H,3-4H2,1-2H3. The van der Waals surface area contributed by atoms with E-state index >= 15 is 0 Å². The van der Waals surface area contributed by atoms with Crippen molar-refractivity contribution < 1.29 is 12.6 Å². The van der Waals surface area contributed by atoms with Crippen molar-refractivity contribution in [2.45, 2.75) is 37.5 Å². The van der Waals surface area contributed by atoms with E-state index in [0.29, 0.717) is 11.8 Å². The van der Waals surface area contributed by atoms with E-state index in [1.165, 1.54) is 0 Å². The Kier molecular flexibility index (Phi) is 1.24. The third kappa shape index (κ3) is 0.773. The van der Waals surface area contributed by atoms with Crippen LogP contribution in [0.5, 0.6) is 0 Å². The third-order valence-electron chi connectivity index (χ3n) is 4.31. The average molecular weight is 202 g/mol. The highest BCUT2D eigenvalue weighted by Gasteiger charge is 2.68. The van der Waals surface area contributed by atoms with Gasteiger partial charge in [-0.1, -0.05) is 6.92 Å². The first kappa shape index (κ1) is 8.24. The maximum absolute atomic E-state index is 11.7. The molecule has 0 aromatic heterocycles. The molecule has 4 heteroatoms. The van der Waals surface area contributed by atoms with Crippen molar-refractivity contribution >= 4 is 10.1 Å². The minimum absolute atomic E-state index is 0.198. The zero-order valence-corrected chi connectivity index (χ0v) is 8.67. The Balaban J connectivity index is 2.18. The summed E-state index contributed by atoms with van der Waals surface area (Å²) in [6.45, 7) is 4.02. The molecule has 3 aliphatic rings. The second-order valence-electron chi connectivity index (χ2n) is 5.02. The molecule has 2 saturated carbocycles. The molecule has 0 amide bonds. The smallest absolute Gasteiger partial charge is 0.263 e. The second-order valence-corrected chi connectivity index (χ2v) is 6.72. The van der Waals surface area contributed by atoms with E-state index in [2.05, 4.69) is 6.92 Å². The van der Waals surface area contributed by atoms with Crippen LogP contribution in [0.25, 0.3) is 0 Å². The van der Waals surface area contributed by atoms with Gasteiger partial charge < -0.3 is 0 Å². The molecule has 0 spiro atoms. The van der Waals surface area contributed by atoms with Crippen LogP contribution in [-0.4, -0.2) is 19.3 Å². The van der Waals surface area contributed by atoms with Crippen molar-refractivity contribution in [1.29, 1.82) is 0 Å². The molecule has 0 radical (unpaired) electrons. The largest absolute Gasteiger partial charge is 0.271 e. The summed E-state index contributed by atoms with van der Waals surface area (Å²) < 4.78 is 28.6. The summed E-state index contributed by atoms with van der Waals surface area (Å²) in [6.07, 6.45) is 2.00. The molecule has 1 aliphatic heterocycles. The van der Waals surface area contributed by atoms with Gasteiger partial charge in [0.05, 0.1) is 10.9 Å². The van der Waals surface area contributed by atoms with Crippen LogP contribution in [0, 0.1) is 17.8 Å². The van der Waals surface area contributed by atoms with Crippen molar-refractivity contribution in [3.05, 3.63) is 0 Å². The van der Waals surface area contributed by atoms with Crippen LogP contribution >= 0.6 is 0 Å². The second kappa shape index (κ2) is 1.96. The van der Waals surface area contributed by atoms with Gasteiger partial charge in [-0.15, -0.1) is 0 Å². The Bertz CT molecular complexity index is 361. The van der Waals surface area contributed by atoms with Crippen LogP contribution in [0.3, 0.4) is 0 Å². The maximum atomic E-state index is 11.7. The summed E-state index contributed by atoms with van der Waals surface area (Å²) in [5.41, 5.74) is -0.347. The molecule has 1 saturated heterocycles.